The summed E-state index contributed by atoms with van der Waals surface area (Å²) in [6, 6.07) is 0. The summed E-state index contributed by atoms with van der Waals surface area (Å²) in [4.78, 5) is 26.1. The zero-order valence-electron chi connectivity index (χ0n) is 12.5. The fourth-order valence-corrected chi connectivity index (χ4v) is 0.712. The molecule has 10 heteroatoms. The number of hydrogen-bond acceptors (Lipinski definition) is 6. The van der Waals surface area contributed by atoms with E-state index in [-0.39, 0.29) is 0 Å². The highest BCUT2D eigenvalue weighted by Crippen LogP contribution is 2.31. The molecule has 0 unspecified atom stereocenters. The number of carbonyl (C=O) groups is 1. The van der Waals surface area contributed by atoms with Crippen LogP contribution in [0.4, 0.5) is 0 Å². The number of rotatable bonds is 4. The van der Waals surface area contributed by atoms with Crippen molar-refractivity contribution in [2.24, 2.45) is 0 Å². The molecule has 0 spiro atoms. The van der Waals surface area contributed by atoms with Crippen LogP contribution in [-0.4, -0.2) is 76.0 Å². The van der Waals surface area contributed by atoms with E-state index in [1.807, 2.05) is 42.3 Å². The van der Waals surface area contributed by atoms with Gasteiger partial charge in [-0.1, -0.05) is 0 Å². The number of carboxylic acids is 1. The molecule has 0 bridgehead atoms. The van der Waals surface area contributed by atoms with Gasteiger partial charge in [-0.05, 0) is 42.3 Å². The molecule has 0 saturated carbocycles. The van der Waals surface area contributed by atoms with Gasteiger partial charge in [0, 0.05) is 0 Å². The van der Waals surface area contributed by atoms with E-state index in [1.165, 1.54) is 0 Å². The Morgan fingerprint density at radius 3 is 1.37 bits per heavy atom. The van der Waals surface area contributed by atoms with E-state index in [2.05, 4.69) is 21.3 Å². The Morgan fingerprint density at radius 2 is 1.21 bits per heavy atom. The van der Waals surface area contributed by atoms with Crippen LogP contribution in [-0.2, 0) is 9.36 Å². The molecule has 0 aliphatic carbocycles. The highest BCUT2D eigenvalue weighted by molar-refractivity contribution is 7.51. The summed E-state index contributed by atoms with van der Waals surface area (Å²) in [6.45, 7) is -0.439. The standard InChI is InChI=1S/C3H8NO5P.3C2H7N/c5-3(6)1-4-2-10(7,8)9;3*1-3-2/h4H,1-2H2,(H,5,6)(H2,7,8,9);3*3H,1-2H3. The SMILES string of the molecule is CNC.CNC.CNC.O=C(O)CNCP(=O)(O)O. The second-order valence-corrected chi connectivity index (χ2v) is 4.79. The predicted octanol–water partition coefficient (Wildman–Crippen LogP) is -1.70. The minimum atomic E-state index is -4.10. The van der Waals surface area contributed by atoms with Crippen molar-refractivity contribution in [3.63, 3.8) is 0 Å². The van der Waals surface area contributed by atoms with Crippen molar-refractivity contribution in [1.82, 2.24) is 21.3 Å². The number of carboxylic acid groups (broad SMARTS) is 1. The molecule has 0 radical (unpaired) electrons. The quantitative estimate of drug-likeness (QED) is 0.302. The Kier molecular flexibility index (Phi) is 32.0. The lowest BCUT2D eigenvalue weighted by Gasteiger charge is -2.02. The summed E-state index contributed by atoms with van der Waals surface area (Å²) < 4.78 is 10.1. The van der Waals surface area contributed by atoms with Gasteiger partial charge >= 0.3 is 13.6 Å². The largest absolute Gasteiger partial charge is 0.480 e. The van der Waals surface area contributed by atoms with Gasteiger partial charge < -0.3 is 30.8 Å². The van der Waals surface area contributed by atoms with Crippen LogP contribution >= 0.6 is 7.60 Å². The van der Waals surface area contributed by atoms with Gasteiger partial charge in [-0.3, -0.25) is 14.7 Å². The van der Waals surface area contributed by atoms with Crippen LogP contribution in [0.1, 0.15) is 0 Å². The minimum Gasteiger partial charge on any atom is -0.480 e. The summed E-state index contributed by atoms with van der Waals surface area (Å²) in [5, 5.41) is 18.3. The van der Waals surface area contributed by atoms with Gasteiger partial charge in [-0.25, -0.2) is 0 Å². The number of hydrogen-bond donors (Lipinski definition) is 7. The van der Waals surface area contributed by atoms with E-state index >= 15 is 0 Å². The van der Waals surface area contributed by atoms with Crippen molar-refractivity contribution >= 4 is 13.6 Å². The molecule has 0 aliphatic rings. The van der Waals surface area contributed by atoms with Crippen molar-refractivity contribution in [3.05, 3.63) is 0 Å². The molecule has 0 aromatic carbocycles. The van der Waals surface area contributed by atoms with Crippen molar-refractivity contribution in [2.75, 3.05) is 55.1 Å². The molecule has 9 nitrogen and oxygen atoms in total. The average Bonchev–Trinajstić information content (AvgIpc) is 2.18. The summed E-state index contributed by atoms with van der Waals surface area (Å²) in [5.74, 6) is -1.14. The molecule has 0 atom stereocenters. The normalized spacial score (nSPS) is 8.84. The third-order valence-corrected chi connectivity index (χ3v) is 1.23. The fraction of sp³-hybridized carbons (Fsp3) is 0.889. The second-order valence-electron chi connectivity index (χ2n) is 3.14. The van der Waals surface area contributed by atoms with Gasteiger partial charge in [-0.15, -0.1) is 0 Å². The van der Waals surface area contributed by atoms with Gasteiger partial charge in [0.25, 0.3) is 0 Å². The second kappa shape index (κ2) is 22.6. The van der Waals surface area contributed by atoms with Crippen LogP contribution in [0.5, 0.6) is 0 Å². The van der Waals surface area contributed by atoms with Gasteiger partial charge in [0.1, 0.15) is 0 Å². The zero-order chi connectivity index (χ0) is 16.3. The first-order chi connectivity index (χ1) is 8.66. The van der Waals surface area contributed by atoms with Crippen LogP contribution in [0, 0.1) is 0 Å². The smallest absolute Gasteiger partial charge is 0.339 e. The van der Waals surface area contributed by atoms with Crippen LogP contribution < -0.4 is 21.3 Å². The molecule has 0 aromatic heterocycles. The number of nitrogens with one attached hydrogen (secondary N) is 4. The first kappa shape index (κ1) is 26.9. The van der Waals surface area contributed by atoms with Crippen LogP contribution in [0.25, 0.3) is 0 Å². The van der Waals surface area contributed by atoms with Crippen LogP contribution in [0.3, 0.4) is 0 Å². The van der Waals surface area contributed by atoms with E-state index < -0.39 is 26.4 Å². The molecule has 120 valence electrons. The van der Waals surface area contributed by atoms with Crippen molar-refractivity contribution in [2.45, 2.75) is 0 Å². The maximum atomic E-state index is 10.1. The number of aliphatic carboxylic acids is 1. The zero-order valence-corrected chi connectivity index (χ0v) is 13.4. The van der Waals surface area contributed by atoms with Gasteiger partial charge in [0.2, 0.25) is 0 Å². The summed E-state index contributed by atoms with van der Waals surface area (Å²) in [7, 11) is 7.15. The van der Waals surface area contributed by atoms with Crippen LogP contribution in [0.15, 0.2) is 0 Å². The van der Waals surface area contributed by atoms with Gasteiger partial charge in [0.05, 0.1) is 12.8 Å². The lowest BCUT2D eigenvalue weighted by molar-refractivity contribution is -0.135. The summed E-state index contributed by atoms with van der Waals surface area (Å²) >= 11 is 0. The fourth-order valence-electron chi connectivity index (χ4n) is 0.308. The Bertz CT molecular complexity index is 208. The Hall–Kier alpha value is -0.540. The lowest BCUT2D eigenvalue weighted by Crippen LogP contribution is -2.23. The Labute approximate surface area is 115 Å². The minimum absolute atomic E-state index is 0.439. The van der Waals surface area contributed by atoms with E-state index in [0.29, 0.717) is 0 Å². The maximum absolute atomic E-state index is 10.1. The molecule has 0 amide bonds. The molecular weight excluding hydrogens is 275 g/mol. The molecular formula is C9H29N4O5P. The summed E-state index contributed by atoms with van der Waals surface area (Å²) in [6.07, 6.45) is -0.598. The molecule has 0 aromatic rings. The maximum Gasteiger partial charge on any atom is 0.339 e. The average molecular weight is 304 g/mol. The predicted molar refractivity (Wildman–Crippen MR) is 77.5 cm³/mol. The van der Waals surface area contributed by atoms with E-state index in [0.717, 1.165) is 0 Å². The van der Waals surface area contributed by atoms with Gasteiger partial charge in [-0.2, -0.15) is 0 Å². The van der Waals surface area contributed by atoms with E-state index in [4.69, 9.17) is 14.9 Å². The van der Waals surface area contributed by atoms with Gasteiger partial charge in [0.15, 0.2) is 0 Å². The van der Waals surface area contributed by atoms with E-state index in [1.54, 1.807) is 0 Å². The first-order valence-corrected chi connectivity index (χ1v) is 7.18. The molecule has 19 heavy (non-hydrogen) atoms. The molecule has 0 fully saturated rings. The first-order valence-electron chi connectivity index (χ1n) is 5.39. The molecule has 0 rings (SSSR count). The molecule has 0 saturated heterocycles. The highest BCUT2D eigenvalue weighted by Gasteiger charge is 2.11. The molecule has 7 N–H and O–H groups in total. The van der Waals surface area contributed by atoms with Crippen molar-refractivity contribution < 1.29 is 24.3 Å². The van der Waals surface area contributed by atoms with Crippen LogP contribution in [0.2, 0.25) is 0 Å². The highest BCUT2D eigenvalue weighted by atomic mass is 31.2. The Balaban J connectivity index is -0.000000103. The van der Waals surface area contributed by atoms with Crippen molar-refractivity contribution in [3.8, 4) is 0 Å². The molecule has 0 heterocycles. The monoisotopic (exact) mass is 304 g/mol. The van der Waals surface area contributed by atoms with Crippen molar-refractivity contribution in [1.29, 1.82) is 0 Å². The third-order valence-electron chi connectivity index (χ3n) is 0.594. The topological polar surface area (TPSA) is 143 Å². The Morgan fingerprint density at radius 1 is 0.947 bits per heavy atom. The third kappa shape index (κ3) is 100.0. The lowest BCUT2D eigenvalue weighted by atomic mass is 10.7. The molecule has 0 aliphatic heterocycles. The van der Waals surface area contributed by atoms with E-state index in [9.17, 15) is 9.36 Å². The summed E-state index contributed by atoms with van der Waals surface area (Å²) in [5.41, 5.74) is 0.